The van der Waals surface area contributed by atoms with Gasteiger partial charge in [0.15, 0.2) is 0 Å². The summed E-state index contributed by atoms with van der Waals surface area (Å²) in [5, 5.41) is 14.9. The summed E-state index contributed by atoms with van der Waals surface area (Å²) in [5.41, 5.74) is 3.14. The molecule has 1 aromatic heterocycles. The summed E-state index contributed by atoms with van der Waals surface area (Å²) in [6, 6.07) is 5.13. The number of fused-ring (bicyclic) bond motifs is 1. The van der Waals surface area contributed by atoms with Gasteiger partial charge in [-0.05, 0) is 17.0 Å². The zero-order chi connectivity index (χ0) is 10.1. The first-order valence-corrected chi connectivity index (χ1v) is 4.54. The van der Waals surface area contributed by atoms with Crippen LogP contribution in [0.1, 0.15) is 0 Å². The second kappa shape index (κ2) is 3.35. The Bertz CT molecular complexity index is 489. The number of halogens is 1. The van der Waals surface area contributed by atoms with Crippen molar-refractivity contribution in [3.8, 4) is 0 Å². The highest BCUT2D eigenvalue weighted by Gasteiger charge is 2.09. The molecule has 14 heavy (non-hydrogen) atoms. The number of nitrogens with one attached hydrogen (secondary N) is 1. The minimum absolute atomic E-state index is 0.0924. The lowest BCUT2D eigenvalue weighted by molar-refractivity contribution is -0.641. The molecule has 6 nitrogen and oxygen atoms in total. The Morgan fingerprint density at radius 2 is 2.29 bits per heavy atom. The third-order valence-electron chi connectivity index (χ3n) is 1.68. The fourth-order valence-electron chi connectivity index (χ4n) is 1.08. The first-order chi connectivity index (χ1) is 6.70. The van der Waals surface area contributed by atoms with Crippen molar-refractivity contribution in [3.63, 3.8) is 0 Å². The zero-order valence-electron chi connectivity index (χ0n) is 6.94. The van der Waals surface area contributed by atoms with Gasteiger partial charge >= 0.3 is 5.95 Å². The Labute approximate surface area is 87.4 Å². The molecule has 0 bridgehead atoms. The molecule has 0 aliphatic rings. The number of nitrogen functional groups attached to an aromatic ring is 1. The Morgan fingerprint density at radius 3 is 3.00 bits per heavy atom. The molecule has 1 aromatic carbocycles. The van der Waals surface area contributed by atoms with Gasteiger partial charge in [-0.15, -0.1) is 0 Å². The topological polar surface area (TPSA) is 90.8 Å². The monoisotopic (exact) mass is 255 g/mol. The maximum Gasteiger partial charge on any atom is 0.304 e. The van der Waals surface area contributed by atoms with E-state index in [1.807, 2.05) is 0 Å². The highest BCUT2D eigenvalue weighted by Crippen LogP contribution is 2.15. The fourth-order valence-corrected chi connectivity index (χ4v) is 1.43. The molecule has 0 unspecified atom stereocenters. The first-order valence-electron chi connectivity index (χ1n) is 3.74. The van der Waals surface area contributed by atoms with Gasteiger partial charge in [0.1, 0.15) is 5.52 Å². The highest BCUT2D eigenvalue weighted by atomic mass is 79.9. The minimum atomic E-state index is 0.0924. The van der Waals surface area contributed by atoms with Crippen molar-refractivity contribution >= 4 is 32.9 Å². The molecule has 2 aromatic rings. The number of hydrazine groups is 1. The van der Waals surface area contributed by atoms with Crippen LogP contribution in [-0.4, -0.2) is 10.1 Å². The molecule has 0 spiro atoms. The lowest BCUT2D eigenvalue weighted by Crippen LogP contribution is -2.34. The molecule has 3 N–H and O–H groups in total. The van der Waals surface area contributed by atoms with E-state index >= 15 is 0 Å². The van der Waals surface area contributed by atoms with Crippen LogP contribution in [0.15, 0.2) is 22.7 Å². The van der Waals surface area contributed by atoms with Crippen molar-refractivity contribution in [1.82, 2.24) is 10.1 Å². The molecule has 0 saturated heterocycles. The summed E-state index contributed by atoms with van der Waals surface area (Å²) in [6.45, 7) is 0. The van der Waals surface area contributed by atoms with Crippen LogP contribution >= 0.6 is 15.9 Å². The molecule has 2 rings (SSSR count). The molecular formula is C7H6BrN5O. The zero-order valence-corrected chi connectivity index (χ0v) is 8.52. The van der Waals surface area contributed by atoms with Crippen LogP contribution < -0.4 is 16.1 Å². The Kier molecular flexibility index (Phi) is 2.18. The summed E-state index contributed by atoms with van der Waals surface area (Å²) >= 11 is 3.25. The average molecular weight is 256 g/mol. The normalized spacial score (nSPS) is 10.4. The molecule has 72 valence electrons. The number of nitrogens with two attached hydrogens (primary N) is 1. The summed E-state index contributed by atoms with van der Waals surface area (Å²) in [6.07, 6.45) is 0. The maximum atomic E-state index is 11.4. The first kappa shape index (κ1) is 9.10. The van der Waals surface area contributed by atoms with Gasteiger partial charge in [0.2, 0.25) is 0 Å². The second-order valence-corrected chi connectivity index (χ2v) is 3.50. The van der Waals surface area contributed by atoms with Crippen molar-refractivity contribution < 1.29 is 4.85 Å². The van der Waals surface area contributed by atoms with Crippen LogP contribution in [0.4, 0.5) is 5.95 Å². The highest BCUT2D eigenvalue weighted by molar-refractivity contribution is 9.10. The van der Waals surface area contributed by atoms with Crippen molar-refractivity contribution in [3.05, 3.63) is 27.9 Å². The van der Waals surface area contributed by atoms with Crippen LogP contribution in [0.25, 0.3) is 11.0 Å². The van der Waals surface area contributed by atoms with Gasteiger partial charge in [-0.1, -0.05) is 15.9 Å². The molecule has 0 aliphatic heterocycles. The Balaban J connectivity index is 2.76. The van der Waals surface area contributed by atoms with Gasteiger partial charge in [0, 0.05) is 10.5 Å². The van der Waals surface area contributed by atoms with Crippen LogP contribution in [0.5, 0.6) is 0 Å². The van der Waals surface area contributed by atoms with E-state index in [1.54, 1.807) is 18.2 Å². The average Bonchev–Trinajstić information content (AvgIpc) is 2.19. The van der Waals surface area contributed by atoms with Crippen LogP contribution in [0, 0.1) is 5.21 Å². The summed E-state index contributed by atoms with van der Waals surface area (Å²) in [5.74, 6) is 5.20. The van der Waals surface area contributed by atoms with Crippen molar-refractivity contribution in [2.45, 2.75) is 0 Å². The second-order valence-electron chi connectivity index (χ2n) is 2.59. The molecule has 0 aliphatic carbocycles. The summed E-state index contributed by atoms with van der Waals surface area (Å²) in [7, 11) is 0. The predicted octanol–water partition coefficient (Wildman–Crippen LogP) is 0.311. The number of aromatic nitrogens is 3. The van der Waals surface area contributed by atoms with E-state index in [0.717, 1.165) is 4.47 Å². The number of rotatable bonds is 1. The van der Waals surface area contributed by atoms with Crippen LogP contribution in [-0.2, 0) is 0 Å². The number of anilines is 1. The standard InChI is InChI=1S/C7H6BrN5O/c8-4-1-2-5-6(3-4)13(14)12-7(10-5)11-9/h1-3H,9H2,(H,10,11,12). The van der Waals surface area contributed by atoms with E-state index < -0.39 is 0 Å². The molecule has 1 heterocycles. The van der Waals surface area contributed by atoms with E-state index in [4.69, 9.17) is 5.84 Å². The fraction of sp³-hybridized carbons (Fsp3) is 0. The van der Waals surface area contributed by atoms with Gasteiger partial charge in [0.05, 0.1) is 5.10 Å². The predicted molar refractivity (Wildman–Crippen MR) is 54.0 cm³/mol. The van der Waals surface area contributed by atoms with E-state index in [0.29, 0.717) is 15.9 Å². The van der Waals surface area contributed by atoms with E-state index in [-0.39, 0.29) is 5.95 Å². The lowest BCUT2D eigenvalue weighted by Gasteiger charge is -2.01. The molecule has 0 amide bonds. The Morgan fingerprint density at radius 1 is 1.50 bits per heavy atom. The molecular weight excluding hydrogens is 250 g/mol. The maximum absolute atomic E-state index is 11.4. The van der Waals surface area contributed by atoms with Gasteiger partial charge < -0.3 is 5.21 Å². The number of hydrogen-bond donors (Lipinski definition) is 2. The molecule has 0 fully saturated rings. The summed E-state index contributed by atoms with van der Waals surface area (Å²) in [4.78, 5) is 4.48. The van der Waals surface area contributed by atoms with Gasteiger partial charge in [-0.3, -0.25) is 5.43 Å². The van der Waals surface area contributed by atoms with E-state index in [9.17, 15) is 5.21 Å². The van der Waals surface area contributed by atoms with Crippen molar-refractivity contribution in [2.24, 2.45) is 5.84 Å². The van der Waals surface area contributed by atoms with Crippen LogP contribution in [0.3, 0.4) is 0 Å². The van der Waals surface area contributed by atoms with Gasteiger partial charge in [-0.2, -0.15) is 0 Å². The van der Waals surface area contributed by atoms with Gasteiger partial charge in [-0.25, -0.2) is 10.8 Å². The Hall–Kier alpha value is -1.47. The smallest absolute Gasteiger partial charge is 0.304 e. The number of nitrogens with zero attached hydrogens (tertiary/aromatic N) is 3. The SMILES string of the molecule is NNc1nc2ccc(Br)cc2[n+]([O-])n1. The number of hydrogen-bond acceptors (Lipinski definition) is 5. The minimum Gasteiger partial charge on any atom is -0.594 e. The quantitative estimate of drug-likeness (QED) is 0.331. The third kappa shape index (κ3) is 1.47. The molecule has 0 saturated carbocycles. The van der Waals surface area contributed by atoms with E-state index in [1.165, 1.54) is 0 Å². The van der Waals surface area contributed by atoms with Crippen molar-refractivity contribution in [1.29, 1.82) is 0 Å². The van der Waals surface area contributed by atoms with Crippen LogP contribution in [0.2, 0.25) is 0 Å². The molecule has 0 radical (unpaired) electrons. The number of benzene rings is 1. The third-order valence-corrected chi connectivity index (χ3v) is 2.18. The van der Waals surface area contributed by atoms with E-state index in [2.05, 4.69) is 31.4 Å². The van der Waals surface area contributed by atoms with Gasteiger partial charge in [0.25, 0.3) is 5.52 Å². The molecule has 7 heteroatoms. The lowest BCUT2D eigenvalue weighted by atomic mass is 10.3. The largest absolute Gasteiger partial charge is 0.594 e. The van der Waals surface area contributed by atoms with Crippen molar-refractivity contribution in [2.75, 3.05) is 5.43 Å². The molecule has 0 atom stereocenters. The summed E-state index contributed by atoms with van der Waals surface area (Å²) < 4.78 is 0.798.